The predicted molar refractivity (Wildman–Crippen MR) is 144 cm³/mol. The average Bonchev–Trinajstić information content (AvgIpc) is 3.56. The van der Waals surface area contributed by atoms with Crippen LogP contribution >= 0.6 is 11.6 Å². The van der Waals surface area contributed by atoms with E-state index in [1.54, 1.807) is 12.1 Å². The molecule has 2 amide bonds. The van der Waals surface area contributed by atoms with Gasteiger partial charge in [0.1, 0.15) is 11.4 Å². The molecule has 1 atom stereocenters. The van der Waals surface area contributed by atoms with Crippen LogP contribution in [0.3, 0.4) is 0 Å². The number of hydrogen-bond donors (Lipinski definition) is 2. The van der Waals surface area contributed by atoms with E-state index in [4.69, 9.17) is 16.0 Å². The zero-order chi connectivity index (χ0) is 27.7. The highest BCUT2D eigenvalue weighted by Gasteiger charge is 2.49. The Balaban J connectivity index is 1.74. The summed E-state index contributed by atoms with van der Waals surface area (Å²) >= 11 is 5.92. The lowest BCUT2D eigenvalue weighted by Gasteiger charge is -2.30. The molecule has 10 nitrogen and oxygen atoms in total. The third-order valence-corrected chi connectivity index (χ3v) is 7.39. The van der Waals surface area contributed by atoms with Crippen molar-refractivity contribution in [2.75, 3.05) is 12.4 Å². The fourth-order valence-corrected chi connectivity index (χ4v) is 5.28. The lowest BCUT2D eigenvalue weighted by molar-refractivity contribution is -0.127. The molecule has 5 rings (SSSR count). The standard InChI is InChI=1S/C28H25ClN4O6/c1-33(15-34)19-12-28(31-14-19,25(35)16-5-3-2-4-6-16)23-20-11-17(27(37)38)7-9-21(20)39-24(23)26(36)32-22-10-8-18(29)13-30-22/h7-16H,2-6H2,1H3,(H,37,38)(H,30,32,36). The molecule has 3 heterocycles. The number of carbonyl (C=O) groups is 4. The lowest BCUT2D eigenvalue weighted by Crippen LogP contribution is -2.38. The second-order valence-corrected chi connectivity index (χ2v) is 10.1. The number of pyridine rings is 1. The first-order valence-corrected chi connectivity index (χ1v) is 12.8. The highest BCUT2D eigenvalue weighted by atomic mass is 35.5. The Hall–Kier alpha value is -4.31. The van der Waals surface area contributed by atoms with E-state index in [0.717, 1.165) is 19.3 Å². The van der Waals surface area contributed by atoms with Crippen molar-refractivity contribution in [1.82, 2.24) is 9.88 Å². The Bertz CT molecular complexity index is 1540. The number of benzene rings is 1. The number of nitrogens with one attached hydrogen (secondary N) is 1. The van der Waals surface area contributed by atoms with Gasteiger partial charge >= 0.3 is 5.97 Å². The molecular formula is C28H25ClN4O6. The molecule has 11 heteroatoms. The number of anilines is 1. The molecule has 1 unspecified atom stereocenters. The maximum absolute atomic E-state index is 14.3. The summed E-state index contributed by atoms with van der Waals surface area (Å²) < 4.78 is 5.99. The zero-order valence-electron chi connectivity index (χ0n) is 21.0. The number of halogens is 1. The molecule has 39 heavy (non-hydrogen) atoms. The number of ketones is 1. The molecule has 1 aliphatic carbocycles. The Kier molecular flexibility index (Phi) is 7.05. The van der Waals surface area contributed by atoms with Crippen molar-refractivity contribution in [3.63, 3.8) is 0 Å². The number of fused-ring (bicyclic) bond motifs is 1. The first-order chi connectivity index (χ1) is 18.7. The molecule has 200 valence electrons. The van der Waals surface area contributed by atoms with Crippen LogP contribution in [0.25, 0.3) is 11.0 Å². The van der Waals surface area contributed by atoms with Crippen LogP contribution in [0.5, 0.6) is 0 Å². The fraction of sp³-hybridized carbons (Fsp3) is 0.286. The highest BCUT2D eigenvalue weighted by Crippen LogP contribution is 2.45. The zero-order valence-corrected chi connectivity index (χ0v) is 21.8. The summed E-state index contributed by atoms with van der Waals surface area (Å²) in [5.41, 5.74) is -1.07. The minimum absolute atomic E-state index is 0.0488. The number of carbonyl (C=O) groups excluding carboxylic acids is 3. The van der Waals surface area contributed by atoms with E-state index in [-0.39, 0.29) is 45.4 Å². The molecule has 1 saturated carbocycles. The summed E-state index contributed by atoms with van der Waals surface area (Å²) in [7, 11) is 1.53. The molecule has 0 radical (unpaired) electrons. The van der Waals surface area contributed by atoms with Crippen LogP contribution in [0.4, 0.5) is 5.82 Å². The number of furan rings is 1. The topological polar surface area (TPSA) is 142 Å². The Morgan fingerprint density at radius 2 is 1.95 bits per heavy atom. The lowest BCUT2D eigenvalue weighted by atomic mass is 9.74. The van der Waals surface area contributed by atoms with Crippen molar-refractivity contribution in [2.45, 2.75) is 37.6 Å². The summed E-state index contributed by atoms with van der Waals surface area (Å²) in [5.74, 6) is -2.48. The monoisotopic (exact) mass is 548 g/mol. The number of aliphatic imine (C=N–C) groups is 1. The van der Waals surface area contributed by atoms with Gasteiger partial charge in [-0.2, -0.15) is 0 Å². The second kappa shape index (κ2) is 10.5. The van der Waals surface area contributed by atoms with Crippen molar-refractivity contribution < 1.29 is 28.7 Å². The summed E-state index contributed by atoms with van der Waals surface area (Å²) in [6.45, 7) is 0. The molecule has 2 N–H and O–H groups in total. The molecule has 0 bridgehead atoms. The molecule has 2 aromatic heterocycles. The molecule has 1 aromatic carbocycles. The number of amides is 2. The van der Waals surface area contributed by atoms with E-state index >= 15 is 0 Å². The molecule has 2 aliphatic rings. The fourth-order valence-electron chi connectivity index (χ4n) is 5.17. The maximum atomic E-state index is 14.3. The van der Waals surface area contributed by atoms with Crippen molar-refractivity contribution in [3.05, 3.63) is 70.2 Å². The number of hydrogen-bond acceptors (Lipinski definition) is 7. The number of carboxylic acid groups (broad SMARTS) is 1. The average molecular weight is 549 g/mol. The van der Waals surface area contributed by atoms with Crippen molar-refractivity contribution in [2.24, 2.45) is 10.9 Å². The minimum Gasteiger partial charge on any atom is -0.478 e. The smallest absolute Gasteiger partial charge is 0.335 e. The van der Waals surface area contributed by atoms with Gasteiger partial charge in [0.25, 0.3) is 5.91 Å². The number of nitrogens with zero attached hydrogens (tertiary/aromatic N) is 3. The first kappa shape index (κ1) is 26.3. The van der Waals surface area contributed by atoms with E-state index in [9.17, 15) is 24.3 Å². The third kappa shape index (κ3) is 4.83. The van der Waals surface area contributed by atoms with Crippen LogP contribution in [0, 0.1) is 5.92 Å². The van der Waals surface area contributed by atoms with Gasteiger partial charge < -0.3 is 19.7 Å². The van der Waals surface area contributed by atoms with Crippen molar-refractivity contribution >= 4 is 58.7 Å². The highest BCUT2D eigenvalue weighted by molar-refractivity contribution is 6.30. The van der Waals surface area contributed by atoms with Crippen molar-refractivity contribution in [3.8, 4) is 0 Å². The van der Waals surface area contributed by atoms with Gasteiger partial charge in [-0.3, -0.25) is 19.4 Å². The van der Waals surface area contributed by atoms with E-state index in [0.29, 0.717) is 30.0 Å². The van der Waals surface area contributed by atoms with Gasteiger partial charge in [0.15, 0.2) is 17.1 Å². The molecule has 3 aromatic rings. The van der Waals surface area contributed by atoms with E-state index in [1.807, 2.05) is 0 Å². The Morgan fingerprint density at radius 3 is 2.62 bits per heavy atom. The van der Waals surface area contributed by atoms with Crippen LogP contribution in [-0.4, -0.2) is 52.3 Å². The van der Waals surface area contributed by atoms with Crippen LogP contribution in [-0.2, 0) is 15.1 Å². The number of rotatable bonds is 8. The SMILES string of the molecule is CN(C=O)C1=CC(C(=O)C2CCCCC2)(c2c(C(=O)Nc3ccc(Cl)cn3)oc3ccc(C(=O)O)cc23)N=C1. The Morgan fingerprint density at radius 1 is 1.18 bits per heavy atom. The summed E-state index contributed by atoms with van der Waals surface area (Å²) in [6.07, 6.45) is 9.03. The maximum Gasteiger partial charge on any atom is 0.335 e. The van der Waals surface area contributed by atoms with E-state index in [2.05, 4.69) is 15.3 Å². The van der Waals surface area contributed by atoms with Gasteiger partial charge in [0, 0.05) is 30.8 Å². The molecule has 1 fully saturated rings. The molecule has 0 saturated heterocycles. The number of Topliss-reactive ketones (excluding diaryl/α,β-unsaturated/α-hetero) is 1. The second-order valence-electron chi connectivity index (χ2n) is 9.65. The quantitative estimate of drug-likeness (QED) is 0.384. The number of carboxylic acids is 1. The predicted octanol–water partition coefficient (Wildman–Crippen LogP) is 4.83. The number of allylic oxidation sites excluding steroid dienone is 1. The number of aromatic nitrogens is 1. The first-order valence-electron chi connectivity index (χ1n) is 12.5. The molecule has 1 aliphatic heterocycles. The van der Waals surface area contributed by atoms with Crippen molar-refractivity contribution in [1.29, 1.82) is 0 Å². The van der Waals surface area contributed by atoms with Crippen LogP contribution in [0.15, 0.2) is 57.7 Å². The van der Waals surface area contributed by atoms with Crippen LogP contribution in [0.2, 0.25) is 5.02 Å². The van der Waals surface area contributed by atoms with E-state index < -0.39 is 17.4 Å². The largest absolute Gasteiger partial charge is 0.478 e. The normalized spacial score (nSPS) is 19.1. The Labute approximate surface area is 228 Å². The van der Waals surface area contributed by atoms with Gasteiger partial charge in [-0.25, -0.2) is 9.78 Å². The molecule has 0 spiro atoms. The van der Waals surface area contributed by atoms with E-state index in [1.165, 1.54) is 48.6 Å². The van der Waals surface area contributed by atoms with Gasteiger partial charge in [-0.05, 0) is 49.2 Å². The van der Waals surface area contributed by atoms with Gasteiger partial charge in [0.05, 0.1) is 21.8 Å². The van der Waals surface area contributed by atoms with Gasteiger partial charge in [-0.15, -0.1) is 0 Å². The minimum atomic E-state index is -1.71. The summed E-state index contributed by atoms with van der Waals surface area (Å²) in [4.78, 5) is 61.4. The van der Waals surface area contributed by atoms with Gasteiger partial charge in [0.2, 0.25) is 6.41 Å². The summed E-state index contributed by atoms with van der Waals surface area (Å²) in [5, 5.41) is 13.0. The molecular weight excluding hydrogens is 524 g/mol. The third-order valence-electron chi connectivity index (χ3n) is 7.17. The van der Waals surface area contributed by atoms with Gasteiger partial charge in [-0.1, -0.05) is 30.9 Å². The number of aromatic carboxylic acids is 1. The van der Waals surface area contributed by atoms with Crippen LogP contribution in [0.1, 0.15) is 58.6 Å². The van der Waals surface area contributed by atoms with Crippen LogP contribution < -0.4 is 5.32 Å². The summed E-state index contributed by atoms with van der Waals surface area (Å²) in [6, 6.07) is 7.24.